The number of ether oxygens (including phenoxy) is 4. The van der Waals surface area contributed by atoms with Crippen LogP contribution in [0.25, 0.3) is 0 Å². The third kappa shape index (κ3) is 4.34. The Hall–Kier alpha value is -0.400. The minimum Gasteiger partial charge on any atom is -0.394 e. The van der Waals surface area contributed by atoms with E-state index in [0.717, 1.165) is 25.7 Å². The fourth-order valence-corrected chi connectivity index (χ4v) is 11.4. The van der Waals surface area contributed by atoms with Gasteiger partial charge < -0.3 is 49.6 Å². The molecule has 7 fully saturated rings. The van der Waals surface area contributed by atoms with Gasteiger partial charge in [0.15, 0.2) is 12.1 Å². The van der Waals surface area contributed by atoms with E-state index in [9.17, 15) is 30.6 Å². The normalized spacial score (nSPS) is 60.9. The third-order valence-corrected chi connectivity index (χ3v) is 13.6. The minimum absolute atomic E-state index is 0.00317. The van der Waals surface area contributed by atoms with Gasteiger partial charge in [0.2, 0.25) is 0 Å². The number of aliphatic hydroxyl groups is 6. The second-order valence-corrected chi connectivity index (χ2v) is 15.4. The maximum atomic E-state index is 11.8. The highest BCUT2D eigenvalue weighted by atomic mass is 16.7. The number of fused-ring (bicyclic) bond motifs is 7. The summed E-state index contributed by atoms with van der Waals surface area (Å²) < 4.78 is 25.0. The summed E-state index contributed by atoms with van der Waals surface area (Å²) >= 11 is 0. The Morgan fingerprint density at radius 1 is 0.857 bits per heavy atom. The lowest BCUT2D eigenvalue weighted by molar-refractivity contribution is -0.374. The topological polar surface area (TPSA) is 158 Å². The van der Waals surface area contributed by atoms with E-state index in [4.69, 9.17) is 18.9 Å². The molecule has 7 aliphatic rings. The molecular formula is C32H52O10. The summed E-state index contributed by atoms with van der Waals surface area (Å²) in [7, 11) is 0. The van der Waals surface area contributed by atoms with Gasteiger partial charge >= 0.3 is 0 Å². The van der Waals surface area contributed by atoms with Gasteiger partial charge in [0, 0.05) is 11.8 Å². The number of hydrogen-bond donors (Lipinski definition) is 6. The van der Waals surface area contributed by atoms with Gasteiger partial charge in [-0.25, -0.2) is 0 Å². The zero-order chi connectivity index (χ0) is 29.7. The first-order valence-corrected chi connectivity index (χ1v) is 16.6. The summed E-state index contributed by atoms with van der Waals surface area (Å²) in [6.07, 6.45) is -0.210. The molecule has 0 amide bonds. The van der Waals surface area contributed by atoms with Crippen molar-refractivity contribution in [3.05, 3.63) is 0 Å². The summed E-state index contributed by atoms with van der Waals surface area (Å²) in [6.45, 7) is 6.30. The van der Waals surface area contributed by atoms with Crippen LogP contribution in [0.2, 0.25) is 0 Å². The molecule has 0 aromatic rings. The van der Waals surface area contributed by atoms with Crippen LogP contribution in [0.15, 0.2) is 0 Å². The van der Waals surface area contributed by atoms with Crippen molar-refractivity contribution in [1.82, 2.24) is 0 Å². The zero-order valence-electron chi connectivity index (χ0n) is 25.2. The molecule has 240 valence electrons. The van der Waals surface area contributed by atoms with E-state index >= 15 is 0 Å². The summed E-state index contributed by atoms with van der Waals surface area (Å²) in [6, 6.07) is 0. The van der Waals surface area contributed by atoms with E-state index in [1.165, 1.54) is 25.7 Å². The fourth-order valence-electron chi connectivity index (χ4n) is 11.4. The lowest BCUT2D eigenvalue weighted by atomic mass is 9.46. The Labute approximate surface area is 248 Å². The first-order chi connectivity index (χ1) is 20.0. The van der Waals surface area contributed by atoms with Crippen LogP contribution in [0.1, 0.15) is 72.1 Å². The first kappa shape index (κ1) is 30.3. The predicted molar refractivity (Wildman–Crippen MR) is 149 cm³/mol. The average Bonchev–Trinajstić information content (AvgIpc) is 3.47. The Morgan fingerprint density at radius 3 is 2.38 bits per heavy atom. The van der Waals surface area contributed by atoms with Gasteiger partial charge in [0.05, 0.1) is 31.5 Å². The molecule has 19 unspecified atom stereocenters. The van der Waals surface area contributed by atoms with Crippen molar-refractivity contribution < 1.29 is 49.6 Å². The van der Waals surface area contributed by atoms with Crippen LogP contribution in [0, 0.1) is 52.8 Å². The number of rotatable bonds is 3. The lowest BCUT2D eigenvalue weighted by Crippen LogP contribution is -2.65. The molecule has 4 saturated carbocycles. The van der Waals surface area contributed by atoms with Crippen LogP contribution in [0.4, 0.5) is 0 Å². The molecule has 1 spiro atoms. The SMILES string of the molecule is CC1COC2(OC3CC4C(CCC5C4CCC4CC(O)CCC45C)C3C2C)C(O)C1OC1OC(CO)C(O)C(O)C1O. The smallest absolute Gasteiger partial charge is 0.200 e. The van der Waals surface area contributed by atoms with E-state index in [2.05, 4.69) is 13.8 Å². The van der Waals surface area contributed by atoms with Gasteiger partial charge in [0.25, 0.3) is 0 Å². The second kappa shape index (κ2) is 10.9. The van der Waals surface area contributed by atoms with Crippen molar-refractivity contribution in [2.75, 3.05) is 13.2 Å². The molecule has 0 bridgehead atoms. The van der Waals surface area contributed by atoms with Crippen molar-refractivity contribution in [3.63, 3.8) is 0 Å². The predicted octanol–water partition coefficient (Wildman–Crippen LogP) is 1.17. The molecule has 3 aliphatic heterocycles. The first-order valence-electron chi connectivity index (χ1n) is 16.6. The van der Waals surface area contributed by atoms with Crippen LogP contribution in [-0.4, -0.2) is 105 Å². The van der Waals surface area contributed by atoms with Gasteiger partial charge in [-0.15, -0.1) is 0 Å². The highest BCUT2D eigenvalue weighted by Gasteiger charge is 2.68. The monoisotopic (exact) mass is 596 g/mol. The van der Waals surface area contributed by atoms with E-state index in [-0.39, 0.29) is 30.0 Å². The number of hydrogen-bond acceptors (Lipinski definition) is 10. The molecule has 19 atom stereocenters. The molecule has 0 radical (unpaired) electrons. The van der Waals surface area contributed by atoms with Gasteiger partial charge in [0.1, 0.15) is 30.5 Å². The standard InChI is InChI=1S/C32H52O10/c1-14-13-39-32(29(38)28(14)41-30-27(37)26(36)25(35)23(12-33)40-30)15(2)24-19-6-7-21-18(20(19)11-22(24)42-32)5-4-16-10-17(34)8-9-31(16,21)3/h14-30,33-38H,4-13H2,1-3H3. The summed E-state index contributed by atoms with van der Waals surface area (Å²) in [5, 5.41) is 62.9. The summed E-state index contributed by atoms with van der Waals surface area (Å²) in [5.74, 6) is 1.92. The molecule has 10 nitrogen and oxygen atoms in total. The molecule has 0 aromatic carbocycles. The van der Waals surface area contributed by atoms with Crippen molar-refractivity contribution in [3.8, 4) is 0 Å². The molecule has 3 saturated heterocycles. The Kier molecular flexibility index (Phi) is 7.82. The Bertz CT molecular complexity index is 996. The fraction of sp³-hybridized carbons (Fsp3) is 1.00. The van der Waals surface area contributed by atoms with E-state index in [1.54, 1.807) is 0 Å². The molecule has 3 heterocycles. The van der Waals surface area contributed by atoms with E-state index in [1.807, 2.05) is 6.92 Å². The minimum atomic E-state index is -1.55. The van der Waals surface area contributed by atoms with Crippen molar-refractivity contribution in [2.24, 2.45) is 52.8 Å². The molecule has 42 heavy (non-hydrogen) atoms. The van der Waals surface area contributed by atoms with E-state index < -0.39 is 55.3 Å². The molecule has 6 N–H and O–H groups in total. The summed E-state index contributed by atoms with van der Waals surface area (Å²) in [5.41, 5.74) is 0.326. The maximum absolute atomic E-state index is 11.8. The van der Waals surface area contributed by atoms with Crippen molar-refractivity contribution >= 4 is 0 Å². The van der Waals surface area contributed by atoms with Crippen LogP contribution in [-0.2, 0) is 18.9 Å². The Balaban J connectivity index is 1.07. The van der Waals surface area contributed by atoms with Crippen LogP contribution in [0.3, 0.4) is 0 Å². The third-order valence-electron chi connectivity index (χ3n) is 13.6. The van der Waals surface area contributed by atoms with Gasteiger partial charge in [-0.05, 0) is 92.3 Å². The zero-order valence-corrected chi connectivity index (χ0v) is 25.2. The molecule has 7 rings (SSSR count). The van der Waals surface area contributed by atoms with Crippen molar-refractivity contribution in [2.45, 2.75) is 133 Å². The van der Waals surface area contributed by atoms with Crippen LogP contribution in [0.5, 0.6) is 0 Å². The molecule has 4 aliphatic carbocycles. The van der Waals surface area contributed by atoms with Crippen molar-refractivity contribution in [1.29, 1.82) is 0 Å². The molecule has 0 aromatic heterocycles. The lowest BCUT2D eigenvalue weighted by Gasteiger charge is -2.59. The molecular weight excluding hydrogens is 544 g/mol. The maximum Gasteiger partial charge on any atom is 0.200 e. The van der Waals surface area contributed by atoms with E-state index in [0.29, 0.717) is 41.6 Å². The Morgan fingerprint density at radius 2 is 1.62 bits per heavy atom. The summed E-state index contributed by atoms with van der Waals surface area (Å²) in [4.78, 5) is 0. The second-order valence-electron chi connectivity index (χ2n) is 15.4. The quantitative estimate of drug-likeness (QED) is 0.279. The van der Waals surface area contributed by atoms with Gasteiger partial charge in [-0.1, -0.05) is 20.8 Å². The molecule has 10 heteroatoms. The highest BCUT2D eigenvalue weighted by molar-refractivity contribution is 5.13. The van der Waals surface area contributed by atoms with Crippen LogP contribution < -0.4 is 0 Å². The highest BCUT2D eigenvalue weighted by Crippen LogP contribution is 2.67. The average molecular weight is 597 g/mol. The van der Waals surface area contributed by atoms with Gasteiger partial charge in [-0.2, -0.15) is 0 Å². The number of aliphatic hydroxyl groups excluding tert-OH is 6. The van der Waals surface area contributed by atoms with Gasteiger partial charge in [-0.3, -0.25) is 0 Å². The largest absolute Gasteiger partial charge is 0.394 e. The van der Waals surface area contributed by atoms with Crippen LogP contribution >= 0.6 is 0 Å².